The van der Waals surface area contributed by atoms with E-state index in [1.807, 2.05) is 0 Å². The van der Waals surface area contributed by atoms with E-state index in [0.717, 1.165) is 19.3 Å². The number of benzene rings is 1. The van der Waals surface area contributed by atoms with Gasteiger partial charge in [0.1, 0.15) is 11.6 Å². The second kappa shape index (κ2) is 5.18. The van der Waals surface area contributed by atoms with Crippen LogP contribution in [0.2, 0.25) is 5.02 Å². The molecule has 1 aromatic rings. The maximum absolute atomic E-state index is 13.5. The van der Waals surface area contributed by atoms with E-state index in [4.69, 9.17) is 11.6 Å². The van der Waals surface area contributed by atoms with Crippen LogP contribution in [0.5, 0.6) is 0 Å². The Morgan fingerprint density at radius 3 is 2.82 bits per heavy atom. The van der Waals surface area contributed by atoms with Gasteiger partial charge in [0.15, 0.2) is 0 Å². The normalized spacial score (nSPS) is 23.9. The number of ketones is 1. The zero-order chi connectivity index (χ0) is 12.4. The number of rotatable bonds is 3. The molecule has 17 heavy (non-hydrogen) atoms. The molecule has 1 fully saturated rings. The molecule has 0 heterocycles. The van der Waals surface area contributed by atoms with Crippen LogP contribution in [0, 0.1) is 17.7 Å². The number of halogens is 2. The Labute approximate surface area is 106 Å². The van der Waals surface area contributed by atoms with Gasteiger partial charge in [-0.15, -0.1) is 0 Å². The molecule has 0 radical (unpaired) electrons. The molecule has 0 spiro atoms. The second-order valence-electron chi connectivity index (χ2n) is 4.99. The summed E-state index contributed by atoms with van der Waals surface area (Å²) in [6.45, 7) is 2.16. The fraction of sp³-hybridized carbons (Fsp3) is 0.500. The molecular weight excluding hydrogens is 239 g/mol. The Morgan fingerprint density at radius 1 is 1.47 bits per heavy atom. The molecule has 0 bridgehead atoms. The van der Waals surface area contributed by atoms with Gasteiger partial charge in [-0.25, -0.2) is 4.39 Å². The second-order valence-corrected chi connectivity index (χ2v) is 5.43. The van der Waals surface area contributed by atoms with Crippen LogP contribution in [0.15, 0.2) is 18.2 Å². The highest BCUT2D eigenvalue weighted by atomic mass is 35.5. The highest BCUT2D eigenvalue weighted by Crippen LogP contribution is 2.31. The largest absolute Gasteiger partial charge is 0.299 e. The van der Waals surface area contributed by atoms with Gasteiger partial charge < -0.3 is 0 Å². The quantitative estimate of drug-likeness (QED) is 0.796. The van der Waals surface area contributed by atoms with Gasteiger partial charge in [0.05, 0.1) is 0 Å². The van der Waals surface area contributed by atoms with E-state index < -0.39 is 0 Å². The van der Waals surface area contributed by atoms with E-state index in [1.165, 1.54) is 6.07 Å². The molecule has 0 saturated heterocycles. The van der Waals surface area contributed by atoms with Crippen LogP contribution in [-0.4, -0.2) is 5.78 Å². The maximum atomic E-state index is 13.5. The van der Waals surface area contributed by atoms with Gasteiger partial charge >= 0.3 is 0 Å². The molecule has 1 aliphatic rings. The Hall–Kier alpha value is -0.890. The van der Waals surface area contributed by atoms with Gasteiger partial charge in [-0.3, -0.25) is 4.79 Å². The minimum atomic E-state index is -0.378. The molecule has 0 amide bonds. The molecule has 1 saturated carbocycles. The number of hydrogen-bond donors (Lipinski definition) is 0. The van der Waals surface area contributed by atoms with Crippen LogP contribution in [0.3, 0.4) is 0 Å². The summed E-state index contributed by atoms with van der Waals surface area (Å²) in [4.78, 5) is 12.0. The smallest absolute Gasteiger partial charge is 0.140 e. The van der Waals surface area contributed by atoms with Crippen molar-refractivity contribution >= 4 is 17.4 Å². The first-order chi connectivity index (χ1) is 8.06. The Morgan fingerprint density at radius 2 is 2.24 bits per heavy atom. The summed E-state index contributed by atoms with van der Waals surface area (Å²) < 4.78 is 13.5. The molecule has 1 aliphatic carbocycles. The zero-order valence-electron chi connectivity index (χ0n) is 9.88. The molecule has 2 atom stereocenters. The molecule has 1 aromatic carbocycles. The molecule has 0 aromatic heterocycles. The van der Waals surface area contributed by atoms with Gasteiger partial charge in [-0.2, -0.15) is 0 Å². The van der Waals surface area contributed by atoms with Crippen LogP contribution in [0.1, 0.15) is 31.7 Å². The van der Waals surface area contributed by atoms with Crippen LogP contribution in [-0.2, 0) is 11.2 Å². The van der Waals surface area contributed by atoms with Crippen molar-refractivity contribution in [2.24, 2.45) is 11.8 Å². The molecule has 2 rings (SSSR count). The third-order valence-corrected chi connectivity index (χ3v) is 3.77. The van der Waals surface area contributed by atoms with E-state index in [1.54, 1.807) is 12.1 Å². The monoisotopic (exact) mass is 254 g/mol. The van der Waals surface area contributed by atoms with Crippen molar-refractivity contribution in [3.63, 3.8) is 0 Å². The van der Waals surface area contributed by atoms with E-state index in [2.05, 4.69) is 6.92 Å². The lowest BCUT2D eigenvalue weighted by molar-refractivity contribution is -0.122. The van der Waals surface area contributed by atoms with Gasteiger partial charge in [-0.05, 0) is 42.9 Å². The van der Waals surface area contributed by atoms with Gasteiger partial charge in [0.2, 0.25) is 0 Å². The third kappa shape index (κ3) is 3.06. The third-order valence-electron chi connectivity index (χ3n) is 3.53. The van der Waals surface area contributed by atoms with E-state index in [9.17, 15) is 9.18 Å². The highest BCUT2D eigenvalue weighted by molar-refractivity contribution is 6.30. The molecule has 1 nitrogen and oxygen atoms in total. The fourth-order valence-corrected chi connectivity index (χ4v) is 2.66. The minimum Gasteiger partial charge on any atom is -0.299 e. The summed E-state index contributed by atoms with van der Waals surface area (Å²) in [5.74, 6) is 0.534. The first-order valence-electron chi connectivity index (χ1n) is 6.03. The van der Waals surface area contributed by atoms with Crippen molar-refractivity contribution in [3.05, 3.63) is 34.6 Å². The molecular formula is C14H16ClFO. The predicted octanol–water partition coefficient (Wildman–Crippen LogP) is 4.03. The number of hydrogen-bond acceptors (Lipinski definition) is 1. The lowest BCUT2D eigenvalue weighted by Gasteiger charge is -2.09. The van der Waals surface area contributed by atoms with Crippen molar-refractivity contribution < 1.29 is 9.18 Å². The van der Waals surface area contributed by atoms with Crippen molar-refractivity contribution in [3.8, 4) is 0 Å². The highest BCUT2D eigenvalue weighted by Gasteiger charge is 2.27. The summed E-state index contributed by atoms with van der Waals surface area (Å²) in [5, 5.41) is 0.369. The van der Waals surface area contributed by atoms with Gasteiger partial charge in [-0.1, -0.05) is 24.6 Å². The molecule has 92 valence electrons. The Balaban J connectivity index is 2.03. The molecule has 2 unspecified atom stereocenters. The van der Waals surface area contributed by atoms with Crippen molar-refractivity contribution in [2.45, 2.75) is 32.6 Å². The lowest BCUT2D eigenvalue weighted by atomic mass is 9.95. The topological polar surface area (TPSA) is 17.1 Å². The van der Waals surface area contributed by atoms with E-state index in [0.29, 0.717) is 16.5 Å². The summed E-state index contributed by atoms with van der Waals surface area (Å²) in [6, 6.07) is 4.50. The summed E-state index contributed by atoms with van der Waals surface area (Å²) >= 11 is 5.67. The number of carbonyl (C=O) groups excluding carboxylic acids is 1. The SMILES string of the molecule is CC1CCC(C(=O)Cc2ccc(Cl)cc2F)C1. The number of carbonyl (C=O) groups is 1. The van der Waals surface area contributed by atoms with Crippen LogP contribution >= 0.6 is 11.6 Å². The van der Waals surface area contributed by atoms with Crippen LogP contribution < -0.4 is 0 Å². The Kier molecular flexibility index (Phi) is 3.82. The maximum Gasteiger partial charge on any atom is 0.140 e. The average molecular weight is 255 g/mol. The molecule has 0 N–H and O–H groups in total. The van der Waals surface area contributed by atoms with E-state index in [-0.39, 0.29) is 23.9 Å². The summed E-state index contributed by atoms with van der Waals surface area (Å²) in [7, 11) is 0. The van der Waals surface area contributed by atoms with Crippen molar-refractivity contribution in [1.29, 1.82) is 0 Å². The van der Waals surface area contributed by atoms with Gasteiger partial charge in [0.25, 0.3) is 0 Å². The van der Waals surface area contributed by atoms with E-state index >= 15 is 0 Å². The summed E-state index contributed by atoms with van der Waals surface area (Å²) in [6.07, 6.45) is 3.21. The average Bonchev–Trinajstić information content (AvgIpc) is 2.69. The first-order valence-corrected chi connectivity index (χ1v) is 6.40. The molecule has 3 heteroatoms. The number of Topliss-reactive ketones (excluding diaryl/α,β-unsaturated/α-hetero) is 1. The minimum absolute atomic E-state index is 0.125. The molecule has 0 aliphatic heterocycles. The Bertz CT molecular complexity index is 430. The van der Waals surface area contributed by atoms with Crippen molar-refractivity contribution in [2.75, 3.05) is 0 Å². The van der Waals surface area contributed by atoms with Crippen LogP contribution in [0.25, 0.3) is 0 Å². The zero-order valence-corrected chi connectivity index (χ0v) is 10.6. The van der Waals surface area contributed by atoms with Crippen LogP contribution in [0.4, 0.5) is 4.39 Å². The fourth-order valence-electron chi connectivity index (χ4n) is 2.50. The predicted molar refractivity (Wildman–Crippen MR) is 66.6 cm³/mol. The van der Waals surface area contributed by atoms with Gasteiger partial charge in [0, 0.05) is 17.4 Å². The summed E-state index contributed by atoms with van der Waals surface area (Å²) in [5.41, 5.74) is 0.457. The lowest BCUT2D eigenvalue weighted by Crippen LogP contribution is -2.14. The first kappa shape index (κ1) is 12.6. The standard InChI is InChI=1S/C14H16ClFO/c1-9-2-3-11(6-9)14(17)7-10-4-5-12(15)8-13(10)16/h4-5,8-9,11H,2-3,6-7H2,1H3. The van der Waals surface area contributed by atoms with Crippen molar-refractivity contribution in [1.82, 2.24) is 0 Å².